The standard InChI is InChI=1S/C15H15N3O/c1-10-8-15(14(9-16)11(2)18-10)19-13-6-4-12(17-3)5-7-13/h4-8,17H,1-3H3. The van der Waals surface area contributed by atoms with Gasteiger partial charge in [0.05, 0.1) is 5.69 Å². The molecule has 4 nitrogen and oxygen atoms in total. The van der Waals surface area contributed by atoms with Crippen molar-refractivity contribution in [3.63, 3.8) is 0 Å². The summed E-state index contributed by atoms with van der Waals surface area (Å²) in [6.45, 7) is 3.69. The smallest absolute Gasteiger partial charge is 0.148 e. The molecule has 19 heavy (non-hydrogen) atoms. The minimum Gasteiger partial charge on any atom is -0.456 e. The van der Waals surface area contributed by atoms with E-state index in [9.17, 15) is 5.26 Å². The molecule has 0 amide bonds. The molecule has 0 unspecified atom stereocenters. The zero-order chi connectivity index (χ0) is 13.8. The highest BCUT2D eigenvalue weighted by Crippen LogP contribution is 2.27. The van der Waals surface area contributed by atoms with E-state index in [2.05, 4.69) is 16.4 Å². The maximum Gasteiger partial charge on any atom is 0.148 e. The molecule has 2 rings (SSSR count). The van der Waals surface area contributed by atoms with E-state index in [1.165, 1.54) is 0 Å². The number of nitriles is 1. The Morgan fingerprint density at radius 3 is 2.47 bits per heavy atom. The predicted molar refractivity (Wildman–Crippen MR) is 74.5 cm³/mol. The number of ether oxygens (including phenoxy) is 1. The van der Waals surface area contributed by atoms with Gasteiger partial charge in [0.2, 0.25) is 0 Å². The molecule has 0 radical (unpaired) electrons. The Kier molecular flexibility index (Phi) is 3.67. The summed E-state index contributed by atoms with van der Waals surface area (Å²) in [5.74, 6) is 1.24. The number of benzene rings is 1. The van der Waals surface area contributed by atoms with Gasteiger partial charge in [0.15, 0.2) is 0 Å². The molecule has 96 valence electrons. The lowest BCUT2D eigenvalue weighted by Gasteiger charge is -2.10. The minimum atomic E-state index is 0.475. The Morgan fingerprint density at radius 2 is 1.89 bits per heavy atom. The van der Waals surface area contributed by atoms with Crippen LogP contribution in [0.4, 0.5) is 5.69 Å². The molecule has 2 aromatic rings. The van der Waals surface area contributed by atoms with Crippen molar-refractivity contribution in [3.8, 4) is 17.6 Å². The number of hydrogen-bond donors (Lipinski definition) is 1. The van der Waals surface area contributed by atoms with Gasteiger partial charge in [0.1, 0.15) is 23.1 Å². The second-order valence-electron chi connectivity index (χ2n) is 4.21. The quantitative estimate of drug-likeness (QED) is 0.910. The molecule has 1 aromatic carbocycles. The molecule has 0 fully saturated rings. The SMILES string of the molecule is CNc1ccc(Oc2cc(C)nc(C)c2C#N)cc1. The first-order valence-corrected chi connectivity index (χ1v) is 5.98. The van der Waals surface area contributed by atoms with Crippen LogP contribution in [-0.4, -0.2) is 12.0 Å². The lowest BCUT2D eigenvalue weighted by Crippen LogP contribution is -1.96. The van der Waals surface area contributed by atoms with Crippen molar-refractivity contribution < 1.29 is 4.74 Å². The van der Waals surface area contributed by atoms with Gasteiger partial charge in [0, 0.05) is 24.5 Å². The van der Waals surface area contributed by atoms with Crippen LogP contribution >= 0.6 is 0 Å². The van der Waals surface area contributed by atoms with Crippen LogP contribution < -0.4 is 10.1 Å². The average Bonchev–Trinajstić information content (AvgIpc) is 2.39. The van der Waals surface area contributed by atoms with E-state index in [0.717, 1.165) is 11.4 Å². The Morgan fingerprint density at radius 1 is 1.21 bits per heavy atom. The Balaban J connectivity index is 2.34. The molecule has 0 saturated heterocycles. The summed E-state index contributed by atoms with van der Waals surface area (Å²) in [7, 11) is 1.86. The third-order valence-corrected chi connectivity index (χ3v) is 2.77. The zero-order valence-corrected chi connectivity index (χ0v) is 11.2. The summed E-state index contributed by atoms with van der Waals surface area (Å²) in [5, 5.41) is 12.2. The highest BCUT2D eigenvalue weighted by Gasteiger charge is 2.10. The number of rotatable bonds is 3. The predicted octanol–water partition coefficient (Wildman–Crippen LogP) is 3.40. The van der Waals surface area contributed by atoms with Gasteiger partial charge in [0.25, 0.3) is 0 Å². The lowest BCUT2D eigenvalue weighted by molar-refractivity contribution is 0.479. The van der Waals surface area contributed by atoms with Crippen LogP contribution in [0.1, 0.15) is 17.0 Å². The number of nitrogens with zero attached hydrogens (tertiary/aromatic N) is 2. The van der Waals surface area contributed by atoms with Gasteiger partial charge in [-0.3, -0.25) is 4.98 Å². The van der Waals surface area contributed by atoms with Gasteiger partial charge in [-0.15, -0.1) is 0 Å². The third-order valence-electron chi connectivity index (χ3n) is 2.77. The average molecular weight is 253 g/mol. The van der Waals surface area contributed by atoms with Gasteiger partial charge in [-0.25, -0.2) is 0 Å². The first-order valence-electron chi connectivity index (χ1n) is 5.98. The number of hydrogen-bond acceptors (Lipinski definition) is 4. The number of pyridine rings is 1. The topological polar surface area (TPSA) is 57.9 Å². The maximum atomic E-state index is 9.17. The molecule has 0 atom stereocenters. The van der Waals surface area contributed by atoms with E-state index in [4.69, 9.17) is 4.74 Å². The Hall–Kier alpha value is -2.54. The fourth-order valence-electron chi connectivity index (χ4n) is 1.83. The van der Waals surface area contributed by atoms with Crippen molar-refractivity contribution in [2.75, 3.05) is 12.4 Å². The lowest BCUT2D eigenvalue weighted by atomic mass is 10.2. The zero-order valence-electron chi connectivity index (χ0n) is 11.2. The summed E-state index contributed by atoms with van der Waals surface area (Å²) >= 11 is 0. The molecular formula is C15H15N3O. The van der Waals surface area contributed by atoms with Gasteiger partial charge in [-0.1, -0.05) is 0 Å². The van der Waals surface area contributed by atoms with Gasteiger partial charge >= 0.3 is 0 Å². The van der Waals surface area contributed by atoms with Gasteiger partial charge in [-0.2, -0.15) is 5.26 Å². The number of aryl methyl sites for hydroxylation is 2. The first-order chi connectivity index (χ1) is 9.13. The Bertz CT molecular complexity index is 627. The number of aromatic nitrogens is 1. The van der Waals surface area contributed by atoms with Crippen LogP contribution in [0.5, 0.6) is 11.5 Å². The van der Waals surface area contributed by atoms with E-state index in [-0.39, 0.29) is 0 Å². The van der Waals surface area contributed by atoms with Crippen molar-refractivity contribution in [1.29, 1.82) is 5.26 Å². The number of anilines is 1. The van der Waals surface area contributed by atoms with Gasteiger partial charge in [-0.05, 0) is 38.1 Å². The van der Waals surface area contributed by atoms with Gasteiger partial charge < -0.3 is 10.1 Å². The molecule has 1 N–H and O–H groups in total. The molecule has 0 aliphatic carbocycles. The molecule has 0 aliphatic rings. The van der Waals surface area contributed by atoms with Crippen molar-refractivity contribution in [3.05, 3.63) is 47.3 Å². The van der Waals surface area contributed by atoms with Crippen molar-refractivity contribution >= 4 is 5.69 Å². The summed E-state index contributed by atoms with van der Waals surface area (Å²) in [4.78, 5) is 4.26. The molecule has 4 heteroatoms. The van der Waals surface area contributed by atoms with Crippen LogP contribution in [0.2, 0.25) is 0 Å². The molecule has 0 aliphatic heterocycles. The van der Waals surface area contributed by atoms with E-state index in [0.29, 0.717) is 22.8 Å². The van der Waals surface area contributed by atoms with Crippen molar-refractivity contribution in [1.82, 2.24) is 4.98 Å². The normalized spacial score (nSPS) is 9.79. The highest BCUT2D eigenvalue weighted by atomic mass is 16.5. The third kappa shape index (κ3) is 2.83. The molecule has 1 heterocycles. The van der Waals surface area contributed by atoms with Crippen molar-refractivity contribution in [2.45, 2.75) is 13.8 Å². The van der Waals surface area contributed by atoms with Crippen molar-refractivity contribution in [2.24, 2.45) is 0 Å². The van der Waals surface area contributed by atoms with Crippen LogP contribution in [0.3, 0.4) is 0 Å². The summed E-state index contributed by atoms with van der Waals surface area (Å²) < 4.78 is 5.77. The second kappa shape index (κ2) is 5.40. The molecule has 0 spiro atoms. The molecular weight excluding hydrogens is 238 g/mol. The van der Waals surface area contributed by atoms with Crippen LogP contribution in [0, 0.1) is 25.2 Å². The van der Waals surface area contributed by atoms with E-state index >= 15 is 0 Å². The van der Waals surface area contributed by atoms with Crippen LogP contribution in [-0.2, 0) is 0 Å². The first kappa shape index (κ1) is 12.9. The summed E-state index contributed by atoms with van der Waals surface area (Å²) in [6.07, 6.45) is 0. The minimum absolute atomic E-state index is 0.475. The molecule has 0 saturated carbocycles. The molecule has 1 aromatic heterocycles. The van der Waals surface area contributed by atoms with E-state index in [1.807, 2.05) is 45.2 Å². The second-order valence-corrected chi connectivity index (χ2v) is 4.21. The highest BCUT2D eigenvalue weighted by molar-refractivity contribution is 5.50. The van der Waals surface area contributed by atoms with E-state index < -0.39 is 0 Å². The van der Waals surface area contributed by atoms with Crippen LogP contribution in [0.25, 0.3) is 0 Å². The Labute approximate surface area is 112 Å². The summed E-state index contributed by atoms with van der Waals surface area (Å²) in [5.41, 5.74) is 3.00. The fraction of sp³-hybridized carbons (Fsp3) is 0.200. The van der Waals surface area contributed by atoms with E-state index in [1.54, 1.807) is 6.07 Å². The molecule has 0 bridgehead atoms. The van der Waals surface area contributed by atoms with Crippen LogP contribution in [0.15, 0.2) is 30.3 Å². The largest absolute Gasteiger partial charge is 0.456 e. The monoisotopic (exact) mass is 253 g/mol. The summed E-state index contributed by atoms with van der Waals surface area (Å²) in [6, 6.07) is 11.5. The number of nitrogens with one attached hydrogen (secondary N) is 1. The fourth-order valence-corrected chi connectivity index (χ4v) is 1.83. The maximum absolute atomic E-state index is 9.17.